The van der Waals surface area contributed by atoms with E-state index in [4.69, 9.17) is 4.74 Å². The number of hydrogen-bond donors (Lipinski definition) is 0. The Morgan fingerprint density at radius 1 is 1.29 bits per heavy atom. The molecule has 146 valence electrons. The van der Waals surface area contributed by atoms with Crippen LogP contribution in [0.1, 0.15) is 28.4 Å². The normalized spacial score (nSPS) is 11.9. The molecule has 3 aromatic rings. The van der Waals surface area contributed by atoms with E-state index in [1.165, 1.54) is 29.5 Å². The van der Waals surface area contributed by atoms with Gasteiger partial charge in [-0.25, -0.2) is 0 Å². The molecular formula is C20H21N3O4S. The molecule has 0 radical (unpaired) electrons. The molecule has 0 spiro atoms. The molecule has 28 heavy (non-hydrogen) atoms. The van der Waals surface area contributed by atoms with Crippen LogP contribution in [-0.2, 0) is 11.3 Å². The number of fused-ring (bicyclic) bond motifs is 1. The van der Waals surface area contributed by atoms with E-state index in [2.05, 4.69) is 17.1 Å². The molecule has 2 aromatic carbocycles. The van der Waals surface area contributed by atoms with Crippen molar-refractivity contribution >= 4 is 33.1 Å². The van der Waals surface area contributed by atoms with Crippen LogP contribution in [0.15, 0.2) is 41.4 Å². The highest BCUT2D eigenvalue weighted by Crippen LogP contribution is 2.24. The van der Waals surface area contributed by atoms with Gasteiger partial charge in [-0.15, -0.1) is 0 Å². The number of benzene rings is 2. The maximum atomic E-state index is 12.7. The standard InChI is InChI=1S/C20H21N3O4S/c1-4-27-10-9-22-18-14(3)11-13(2)12-17(18)28-20(22)21-19(24)15-7-5-6-8-16(15)23(25)26/h5-8,11-12H,4,9-10H2,1-3H3. The van der Waals surface area contributed by atoms with Gasteiger partial charge in [-0.1, -0.05) is 29.5 Å². The number of ether oxygens (including phenoxy) is 1. The van der Waals surface area contributed by atoms with Crippen LogP contribution < -0.4 is 4.80 Å². The Bertz CT molecular complexity index is 1110. The zero-order valence-electron chi connectivity index (χ0n) is 16.0. The molecule has 0 fully saturated rings. The number of nitro benzene ring substituents is 1. The molecule has 0 unspecified atom stereocenters. The van der Waals surface area contributed by atoms with E-state index >= 15 is 0 Å². The number of carbonyl (C=O) groups is 1. The van der Waals surface area contributed by atoms with Crippen LogP contribution in [0.2, 0.25) is 0 Å². The highest BCUT2D eigenvalue weighted by atomic mass is 32.1. The average Bonchev–Trinajstić information content (AvgIpc) is 2.99. The molecule has 3 rings (SSSR count). The Balaban J connectivity index is 2.16. The van der Waals surface area contributed by atoms with Gasteiger partial charge in [-0.3, -0.25) is 14.9 Å². The van der Waals surface area contributed by atoms with Crippen LogP contribution in [-0.4, -0.2) is 28.6 Å². The first kappa shape index (κ1) is 19.9. The van der Waals surface area contributed by atoms with Crippen molar-refractivity contribution in [1.29, 1.82) is 0 Å². The van der Waals surface area contributed by atoms with Gasteiger partial charge in [-0.05, 0) is 44.0 Å². The van der Waals surface area contributed by atoms with E-state index in [0.717, 1.165) is 21.3 Å². The zero-order valence-corrected chi connectivity index (χ0v) is 16.8. The Morgan fingerprint density at radius 3 is 2.75 bits per heavy atom. The van der Waals surface area contributed by atoms with Crippen molar-refractivity contribution in [2.75, 3.05) is 13.2 Å². The molecule has 0 aliphatic rings. The molecule has 0 bridgehead atoms. The fourth-order valence-corrected chi connectivity index (χ4v) is 4.38. The number of thiazole rings is 1. The summed E-state index contributed by atoms with van der Waals surface area (Å²) < 4.78 is 8.45. The van der Waals surface area contributed by atoms with Gasteiger partial charge in [0.1, 0.15) is 5.56 Å². The van der Waals surface area contributed by atoms with Gasteiger partial charge in [0.05, 0.1) is 21.7 Å². The third-order valence-electron chi connectivity index (χ3n) is 4.30. The lowest BCUT2D eigenvalue weighted by Gasteiger charge is -2.08. The van der Waals surface area contributed by atoms with E-state index in [0.29, 0.717) is 24.6 Å². The van der Waals surface area contributed by atoms with Crippen molar-refractivity contribution in [2.45, 2.75) is 27.3 Å². The largest absolute Gasteiger partial charge is 0.380 e. The lowest BCUT2D eigenvalue weighted by Crippen LogP contribution is -2.20. The Labute approximate surface area is 166 Å². The minimum Gasteiger partial charge on any atom is -0.380 e. The summed E-state index contributed by atoms with van der Waals surface area (Å²) in [6.45, 7) is 7.60. The molecule has 0 atom stereocenters. The van der Waals surface area contributed by atoms with Crippen molar-refractivity contribution in [3.05, 3.63) is 68.0 Å². The molecule has 0 saturated carbocycles. The monoisotopic (exact) mass is 399 g/mol. The molecule has 1 heterocycles. The summed E-state index contributed by atoms with van der Waals surface area (Å²) in [5.74, 6) is -0.626. The van der Waals surface area contributed by atoms with Gasteiger partial charge in [0.15, 0.2) is 4.80 Å². The van der Waals surface area contributed by atoms with E-state index in [-0.39, 0.29) is 11.3 Å². The van der Waals surface area contributed by atoms with Gasteiger partial charge in [0, 0.05) is 19.2 Å². The quantitative estimate of drug-likeness (QED) is 0.356. The Kier molecular flexibility index (Phi) is 6.01. The molecule has 7 nitrogen and oxygen atoms in total. The van der Waals surface area contributed by atoms with Crippen molar-refractivity contribution in [1.82, 2.24) is 4.57 Å². The van der Waals surface area contributed by atoms with Gasteiger partial charge in [0.25, 0.3) is 11.6 Å². The number of nitrogens with zero attached hydrogens (tertiary/aromatic N) is 3. The minimum absolute atomic E-state index is 0.0192. The minimum atomic E-state index is -0.626. The third-order valence-corrected chi connectivity index (χ3v) is 5.33. The topological polar surface area (TPSA) is 86.7 Å². The number of aryl methyl sites for hydroxylation is 2. The molecule has 1 amide bonds. The molecule has 8 heteroatoms. The predicted molar refractivity (Wildman–Crippen MR) is 109 cm³/mol. The van der Waals surface area contributed by atoms with Crippen LogP contribution in [0.4, 0.5) is 5.69 Å². The van der Waals surface area contributed by atoms with Gasteiger partial charge in [0.2, 0.25) is 0 Å². The summed E-state index contributed by atoms with van der Waals surface area (Å²) in [7, 11) is 0. The molecule has 0 aliphatic carbocycles. The highest BCUT2D eigenvalue weighted by Gasteiger charge is 2.19. The number of nitro groups is 1. The SMILES string of the molecule is CCOCCn1c(=NC(=O)c2ccccc2[N+](=O)[O-])sc2cc(C)cc(C)c21. The van der Waals surface area contributed by atoms with E-state index in [1.54, 1.807) is 6.07 Å². The summed E-state index contributed by atoms with van der Waals surface area (Å²) in [6, 6.07) is 10.0. The number of para-hydroxylation sites is 1. The number of hydrogen-bond acceptors (Lipinski definition) is 5. The lowest BCUT2D eigenvalue weighted by molar-refractivity contribution is -0.385. The number of aromatic nitrogens is 1. The second kappa shape index (κ2) is 8.45. The molecule has 0 N–H and O–H groups in total. The van der Waals surface area contributed by atoms with E-state index < -0.39 is 10.8 Å². The van der Waals surface area contributed by atoms with Gasteiger partial charge in [-0.2, -0.15) is 4.99 Å². The average molecular weight is 399 g/mol. The van der Waals surface area contributed by atoms with Crippen LogP contribution in [0.25, 0.3) is 10.2 Å². The lowest BCUT2D eigenvalue weighted by atomic mass is 10.1. The zero-order chi connectivity index (χ0) is 20.3. The van der Waals surface area contributed by atoms with Crippen molar-refractivity contribution in [3.8, 4) is 0 Å². The first-order chi connectivity index (χ1) is 13.4. The first-order valence-electron chi connectivity index (χ1n) is 8.93. The summed E-state index contributed by atoms with van der Waals surface area (Å²) in [5, 5.41) is 11.2. The summed E-state index contributed by atoms with van der Waals surface area (Å²) >= 11 is 1.40. The summed E-state index contributed by atoms with van der Waals surface area (Å²) in [4.78, 5) is 28.2. The van der Waals surface area contributed by atoms with E-state index in [1.807, 2.05) is 25.3 Å². The Hall–Kier alpha value is -2.84. The second-order valence-corrected chi connectivity index (χ2v) is 7.36. The van der Waals surface area contributed by atoms with Crippen molar-refractivity contribution in [2.24, 2.45) is 4.99 Å². The van der Waals surface area contributed by atoms with Crippen molar-refractivity contribution in [3.63, 3.8) is 0 Å². The van der Waals surface area contributed by atoms with Crippen molar-refractivity contribution < 1.29 is 14.5 Å². The first-order valence-corrected chi connectivity index (χ1v) is 9.74. The maximum Gasteiger partial charge on any atom is 0.286 e. The second-order valence-electron chi connectivity index (χ2n) is 6.35. The van der Waals surface area contributed by atoms with Crippen LogP contribution >= 0.6 is 11.3 Å². The predicted octanol–water partition coefficient (Wildman–Crippen LogP) is 4.01. The fourth-order valence-electron chi connectivity index (χ4n) is 3.15. The smallest absolute Gasteiger partial charge is 0.286 e. The van der Waals surface area contributed by atoms with Gasteiger partial charge >= 0.3 is 0 Å². The maximum absolute atomic E-state index is 12.7. The highest BCUT2D eigenvalue weighted by molar-refractivity contribution is 7.16. The summed E-state index contributed by atoms with van der Waals surface area (Å²) in [6.07, 6.45) is 0. The number of rotatable bonds is 6. The molecule has 1 aromatic heterocycles. The van der Waals surface area contributed by atoms with Gasteiger partial charge < -0.3 is 9.30 Å². The summed E-state index contributed by atoms with van der Waals surface area (Å²) in [5.41, 5.74) is 2.95. The molecular weight excluding hydrogens is 378 g/mol. The molecule has 0 saturated heterocycles. The molecule has 0 aliphatic heterocycles. The third kappa shape index (κ3) is 4.02. The van der Waals surface area contributed by atoms with Crippen LogP contribution in [0, 0.1) is 24.0 Å². The van der Waals surface area contributed by atoms with Crippen LogP contribution in [0.5, 0.6) is 0 Å². The van der Waals surface area contributed by atoms with E-state index in [9.17, 15) is 14.9 Å². The number of carbonyl (C=O) groups excluding carboxylic acids is 1. The fraction of sp³-hybridized carbons (Fsp3) is 0.300. The van der Waals surface area contributed by atoms with Crippen LogP contribution in [0.3, 0.4) is 0 Å². The number of amides is 1. The Morgan fingerprint density at radius 2 is 2.04 bits per heavy atom.